The summed E-state index contributed by atoms with van der Waals surface area (Å²) in [6.45, 7) is 0.403. The number of halogens is 1. The van der Waals surface area contributed by atoms with Crippen LogP contribution in [0.5, 0.6) is 5.75 Å². The topological polar surface area (TPSA) is 170 Å². The second-order valence-corrected chi connectivity index (χ2v) is 11.1. The summed E-state index contributed by atoms with van der Waals surface area (Å²) in [5.74, 6) is 5.99. The van der Waals surface area contributed by atoms with Crippen molar-refractivity contribution >= 4 is 47.4 Å². The number of carbonyl (C=O) groups is 2. The quantitative estimate of drug-likeness (QED) is 0.0565. The highest BCUT2D eigenvalue weighted by Crippen LogP contribution is 2.30. The van der Waals surface area contributed by atoms with Crippen LogP contribution in [0, 0.1) is 0 Å². The monoisotopic (exact) mass is 640 g/mol. The number of nitrogens with zero attached hydrogens (tertiary/aromatic N) is 1. The van der Waals surface area contributed by atoms with Gasteiger partial charge < -0.3 is 30.7 Å². The third-order valence-corrected chi connectivity index (χ3v) is 7.79. The Labute approximate surface area is 272 Å². The standard InChI is InChI=1S/C33H34BClN6O5/c1-46-26-12-13-28-27(18-26)31(20-8-10-25(35)11-9-20)39-29(32(40-28)41-36)19-30(42)37-14-15-38-33(43)23-6-2-4-21(16-23)22-5-3-7-24(17-22)34(44)45/h2-13,16-18,29,32,40-41,44-45H,14-15,19,36H2,1H3,(H,37,42)(H,38,43). The van der Waals surface area contributed by atoms with Crippen LogP contribution in [0.3, 0.4) is 0 Å². The van der Waals surface area contributed by atoms with Crippen LogP contribution in [0.25, 0.3) is 11.1 Å². The number of ether oxygens (including phenoxy) is 1. The third kappa shape index (κ3) is 7.92. The lowest BCUT2D eigenvalue weighted by Gasteiger charge is -2.23. The highest BCUT2D eigenvalue weighted by molar-refractivity contribution is 6.58. The van der Waals surface area contributed by atoms with Crippen molar-refractivity contribution in [3.05, 3.63) is 113 Å². The number of hydrazine groups is 1. The van der Waals surface area contributed by atoms with E-state index < -0.39 is 19.3 Å². The van der Waals surface area contributed by atoms with Gasteiger partial charge in [0.15, 0.2) is 0 Å². The van der Waals surface area contributed by atoms with Crippen LogP contribution in [0.2, 0.25) is 5.02 Å². The first-order chi connectivity index (χ1) is 22.2. The Kier molecular flexibility index (Phi) is 10.7. The third-order valence-electron chi connectivity index (χ3n) is 7.54. The summed E-state index contributed by atoms with van der Waals surface area (Å²) in [6.07, 6.45) is -0.544. The Morgan fingerprint density at radius 2 is 1.65 bits per heavy atom. The number of carbonyl (C=O) groups excluding carboxylic acids is 2. The molecule has 1 aliphatic rings. The lowest BCUT2D eigenvalue weighted by atomic mass is 9.79. The number of hydrogen-bond donors (Lipinski definition) is 7. The van der Waals surface area contributed by atoms with Gasteiger partial charge in [0.05, 0.1) is 25.3 Å². The Balaban J connectivity index is 1.23. The molecule has 4 aromatic carbocycles. The molecule has 8 N–H and O–H groups in total. The molecule has 0 saturated heterocycles. The number of benzene rings is 4. The van der Waals surface area contributed by atoms with Crippen molar-refractivity contribution in [3.63, 3.8) is 0 Å². The fraction of sp³-hybridized carbons (Fsp3) is 0.182. The van der Waals surface area contributed by atoms with Crippen LogP contribution in [-0.4, -0.2) is 67.1 Å². The number of rotatable bonds is 11. The number of benzodiazepines with no additional fused rings is 1. The molecule has 4 aromatic rings. The lowest BCUT2D eigenvalue weighted by molar-refractivity contribution is -0.121. The summed E-state index contributed by atoms with van der Waals surface area (Å²) in [7, 11) is 0.00342. The van der Waals surface area contributed by atoms with Crippen LogP contribution >= 0.6 is 11.6 Å². The molecule has 11 nitrogen and oxygen atoms in total. The SMILES string of the molecule is COc1ccc2c(c1)C(c1ccc(Cl)cc1)=NC(CC(=O)NCCNC(=O)c1cccc(-c3cccc(B(O)O)c3)c1)C(NN)N2. The number of anilines is 1. The molecule has 0 aliphatic carbocycles. The van der Waals surface area contributed by atoms with Crippen molar-refractivity contribution in [2.24, 2.45) is 10.8 Å². The maximum Gasteiger partial charge on any atom is 0.488 e. The second-order valence-electron chi connectivity index (χ2n) is 10.6. The molecule has 0 saturated carbocycles. The summed E-state index contributed by atoms with van der Waals surface area (Å²) >= 11 is 6.14. The fourth-order valence-electron chi connectivity index (χ4n) is 5.16. The molecule has 0 bridgehead atoms. The van der Waals surface area contributed by atoms with Crippen molar-refractivity contribution in [1.29, 1.82) is 0 Å². The van der Waals surface area contributed by atoms with Gasteiger partial charge in [0.25, 0.3) is 5.91 Å². The Morgan fingerprint density at radius 3 is 2.37 bits per heavy atom. The average molecular weight is 641 g/mol. The Bertz CT molecular complexity index is 1740. The number of nitrogens with one attached hydrogen (secondary N) is 4. The van der Waals surface area contributed by atoms with E-state index in [0.29, 0.717) is 27.5 Å². The van der Waals surface area contributed by atoms with Gasteiger partial charge in [0, 0.05) is 40.5 Å². The molecule has 0 fully saturated rings. The Hall–Kier alpha value is -4.72. The molecule has 0 radical (unpaired) electrons. The van der Waals surface area contributed by atoms with Crippen molar-refractivity contribution in [1.82, 2.24) is 16.1 Å². The van der Waals surface area contributed by atoms with Crippen molar-refractivity contribution in [2.45, 2.75) is 18.6 Å². The number of fused-ring (bicyclic) bond motifs is 1. The number of amides is 2. The van der Waals surface area contributed by atoms with Crippen molar-refractivity contribution < 1.29 is 24.4 Å². The van der Waals surface area contributed by atoms with Gasteiger partial charge in [0.1, 0.15) is 11.9 Å². The highest BCUT2D eigenvalue weighted by atomic mass is 35.5. The largest absolute Gasteiger partial charge is 0.497 e. The first-order valence-corrected chi connectivity index (χ1v) is 15.0. The second kappa shape index (κ2) is 15.0. The van der Waals surface area contributed by atoms with E-state index in [-0.39, 0.29) is 31.3 Å². The predicted molar refractivity (Wildman–Crippen MR) is 180 cm³/mol. The van der Waals surface area contributed by atoms with E-state index >= 15 is 0 Å². The lowest BCUT2D eigenvalue weighted by Crippen LogP contribution is -2.50. The minimum atomic E-state index is -1.59. The zero-order chi connectivity index (χ0) is 32.6. The summed E-state index contributed by atoms with van der Waals surface area (Å²) < 4.78 is 5.45. The zero-order valence-electron chi connectivity index (χ0n) is 25.0. The van der Waals surface area contributed by atoms with Crippen LogP contribution in [0.1, 0.15) is 27.9 Å². The van der Waals surface area contributed by atoms with Gasteiger partial charge in [-0.1, -0.05) is 60.1 Å². The van der Waals surface area contributed by atoms with E-state index in [1.807, 2.05) is 42.5 Å². The van der Waals surface area contributed by atoms with Gasteiger partial charge in [-0.3, -0.25) is 20.4 Å². The van der Waals surface area contributed by atoms with Gasteiger partial charge in [-0.05, 0) is 59.1 Å². The van der Waals surface area contributed by atoms with Gasteiger partial charge in [-0.25, -0.2) is 5.43 Å². The summed E-state index contributed by atoms with van der Waals surface area (Å²) in [5.41, 5.74) is 8.05. The van der Waals surface area contributed by atoms with Crippen LogP contribution in [0.15, 0.2) is 96.0 Å². The molecule has 46 heavy (non-hydrogen) atoms. The molecular weight excluding hydrogens is 607 g/mol. The Morgan fingerprint density at radius 1 is 0.935 bits per heavy atom. The van der Waals surface area contributed by atoms with Crippen LogP contribution in [0.4, 0.5) is 5.69 Å². The average Bonchev–Trinajstić information content (AvgIpc) is 3.23. The summed E-state index contributed by atoms with van der Waals surface area (Å²) in [5, 5.41) is 28.6. The molecule has 1 aliphatic heterocycles. The molecule has 5 rings (SSSR count). The minimum absolute atomic E-state index is 0.0155. The van der Waals surface area contributed by atoms with Gasteiger partial charge in [-0.2, -0.15) is 0 Å². The van der Waals surface area contributed by atoms with E-state index in [4.69, 9.17) is 27.2 Å². The van der Waals surface area contributed by atoms with Gasteiger partial charge >= 0.3 is 7.12 Å². The summed E-state index contributed by atoms with van der Waals surface area (Å²) in [4.78, 5) is 30.9. The highest BCUT2D eigenvalue weighted by Gasteiger charge is 2.29. The molecule has 0 spiro atoms. The first kappa shape index (κ1) is 32.7. The van der Waals surface area contributed by atoms with Gasteiger partial charge in [0.2, 0.25) is 5.91 Å². The van der Waals surface area contributed by atoms with E-state index in [1.165, 1.54) is 0 Å². The smallest absolute Gasteiger partial charge is 0.488 e. The number of aliphatic imine (C=N–C) groups is 1. The molecular formula is C33H34BClN6O5. The first-order valence-electron chi connectivity index (χ1n) is 14.6. The zero-order valence-corrected chi connectivity index (χ0v) is 25.8. The van der Waals surface area contributed by atoms with Crippen LogP contribution in [-0.2, 0) is 4.79 Å². The van der Waals surface area contributed by atoms with Crippen molar-refractivity contribution in [2.75, 3.05) is 25.5 Å². The van der Waals surface area contributed by atoms with E-state index in [9.17, 15) is 19.6 Å². The van der Waals surface area contributed by atoms with E-state index in [1.54, 1.807) is 55.6 Å². The molecule has 236 valence electrons. The number of nitrogens with two attached hydrogens (primary N) is 1. The van der Waals surface area contributed by atoms with E-state index in [0.717, 1.165) is 27.9 Å². The van der Waals surface area contributed by atoms with E-state index in [2.05, 4.69) is 21.4 Å². The number of methoxy groups -OCH3 is 1. The minimum Gasteiger partial charge on any atom is -0.497 e. The van der Waals surface area contributed by atoms with Gasteiger partial charge in [-0.15, -0.1) is 0 Å². The number of hydrogen-bond acceptors (Lipinski definition) is 9. The molecule has 2 amide bonds. The summed E-state index contributed by atoms with van der Waals surface area (Å²) in [6, 6.07) is 26.1. The molecule has 13 heteroatoms. The molecule has 2 atom stereocenters. The maximum absolute atomic E-state index is 13.1. The predicted octanol–water partition coefficient (Wildman–Crippen LogP) is 2.05. The molecule has 1 heterocycles. The fourth-order valence-corrected chi connectivity index (χ4v) is 5.29. The van der Waals surface area contributed by atoms with Crippen molar-refractivity contribution in [3.8, 4) is 16.9 Å². The molecule has 2 unspecified atom stereocenters. The molecule has 0 aromatic heterocycles. The maximum atomic E-state index is 13.1. The normalized spacial score (nSPS) is 15.5. The van der Waals surface area contributed by atoms with Crippen LogP contribution < -0.4 is 37.4 Å².